The maximum atomic E-state index is 12.8. The summed E-state index contributed by atoms with van der Waals surface area (Å²) in [6.45, 7) is 2.30. The van der Waals surface area contributed by atoms with Crippen LogP contribution in [0.3, 0.4) is 0 Å². The number of fused-ring (bicyclic) bond motifs is 1. The number of aromatic amines is 1. The van der Waals surface area contributed by atoms with Crippen molar-refractivity contribution in [2.45, 2.75) is 25.0 Å². The number of nitrogens with one attached hydrogen (secondary N) is 1. The summed E-state index contributed by atoms with van der Waals surface area (Å²) < 4.78 is 6.84. The second-order valence-electron chi connectivity index (χ2n) is 4.89. The molecule has 3 rings (SSSR count). The fraction of sp³-hybridized carbons (Fsp3) is 0.267. The Morgan fingerprint density at radius 2 is 2.35 bits per heavy atom. The van der Waals surface area contributed by atoms with Gasteiger partial charge in [0.1, 0.15) is 16.9 Å². The van der Waals surface area contributed by atoms with Crippen molar-refractivity contribution in [2.24, 2.45) is 0 Å². The number of thioether (sulfide) groups is 1. The van der Waals surface area contributed by atoms with E-state index in [1.165, 1.54) is 15.9 Å². The highest BCUT2D eigenvalue weighted by molar-refractivity contribution is 7.99. The Morgan fingerprint density at radius 3 is 3.00 bits per heavy atom. The number of H-pyrrole nitrogens is 1. The van der Waals surface area contributed by atoms with E-state index in [4.69, 9.17) is 9.52 Å². The summed E-state index contributed by atoms with van der Waals surface area (Å²) in [5.74, 6) is -0.407. The molecule has 0 unspecified atom stereocenters. The van der Waals surface area contributed by atoms with Gasteiger partial charge in [-0.15, -0.1) is 0 Å². The average molecular weight is 351 g/mol. The molecule has 0 aromatic carbocycles. The van der Waals surface area contributed by atoms with Crippen LogP contribution in [0.2, 0.25) is 0 Å². The van der Waals surface area contributed by atoms with Crippen LogP contribution in [0.4, 0.5) is 0 Å². The van der Waals surface area contributed by atoms with Crippen LogP contribution in [0, 0.1) is 0 Å². The predicted octanol–water partition coefficient (Wildman–Crippen LogP) is 2.26. The largest absolute Gasteiger partial charge is 0.481 e. The highest BCUT2D eigenvalue weighted by Gasteiger charge is 2.22. The Labute approximate surface area is 139 Å². The third-order valence-electron chi connectivity index (χ3n) is 3.30. The van der Waals surface area contributed by atoms with Gasteiger partial charge < -0.3 is 9.52 Å². The third-order valence-corrected chi connectivity index (χ3v) is 5.48. The van der Waals surface area contributed by atoms with E-state index in [2.05, 4.69) is 4.98 Å². The molecular formula is C15H15N2O4S2+. The van der Waals surface area contributed by atoms with Crippen LogP contribution in [0.5, 0.6) is 0 Å². The first-order valence-electron chi connectivity index (χ1n) is 7.04. The lowest BCUT2D eigenvalue weighted by atomic mass is 10.3. The highest BCUT2D eigenvalue weighted by atomic mass is 32.2. The minimum Gasteiger partial charge on any atom is -0.481 e. The first kappa shape index (κ1) is 15.8. The van der Waals surface area contributed by atoms with Crippen LogP contribution in [0.1, 0.15) is 17.6 Å². The van der Waals surface area contributed by atoms with Gasteiger partial charge in [-0.05, 0) is 36.4 Å². The number of aromatic nitrogens is 2. The van der Waals surface area contributed by atoms with Crippen molar-refractivity contribution in [3.05, 3.63) is 45.5 Å². The molecule has 120 valence electrons. The molecule has 23 heavy (non-hydrogen) atoms. The number of rotatable bonds is 6. The van der Waals surface area contributed by atoms with E-state index in [9.17, 15) is 9.59 Å². The van der Waals surface area contributed by atoms with E-state index in [-0.39, 0.29) is 17.9 Å². The minimum absolute atomic E-state index is 0.119. The van der Waals surface area contributed by atoms with Crippen LogP contribution in [-0.2, 0) is 17.8 Å². The Kier molecular flexibility index (Phi) is 4.53. The summed E-state index contributed by atoms with van der Waals surface area (Å²) >= 11 is 2.62. The normalized spacial score (nSPS) is 11.2. The van der Waals surface area contributed by atoms with Crippen LogP contribution in [0.15, 0.2) is 38.8 Å². The molecule has 3 aromatic heterocycles. The van der Waals surface area contributed by atoms with Gasteiger partial charge in [0.2, 0.25) is 0 Å². The Morgan fingerprint density at radius 1 is 1.52 bits per heavy atom. The highest BCUT2D eigenvalue weighted by Crippen LogP contribution is 2.22. The molecule has 3 heterocycles. The van der Waals surface area contributed by atoms with Gasteiger partial charge in [-0.25, -0.2) is 9.78 Å². The number of thiophene rings is 1. The number of aliphatic carboxylic acids is 1. The number of carboxylic acid groups (broad SMARTS) is 1. The van der Waals surface area contributed by atoms with Crippen molar-refractivity contribution in [1.82, 2.24) is 4.57 Å². The fourth-order valence-electron chi connectivity index (χ4n) is 2.22. The third kappa shape index (κ3) is 3.32. The van der Waals surface area contributed by atoms with Gasteiger partial charge in [0.25, 0.3) is 0 Å². The summed E-state index contributed by atoms with van der Waals surface area (Å²) in [7, 11) is 0. The lowest BCUT2D eigenvalue weighted by Crippen LogP contribution is -2.30. The average Bonchev–Trinajstić information content (AvgIpc) is 3.17. The minimum atomic E-state index is -0.930. The molecule has 3 aromatic rings. The van der Waals surface area contributed by atoms with Gasteiger partial charge in [0, 0.05) is 4.88 Å². The van der Waals surface area contributed by atoms with Crippen LogP contribution >= 0.6 is 23.1 Å². The number of carboxylic acids is 1. The molecule has 0 fully saturated rings. The Balaban J connectivity index is 2.11. The molecule has 2 N–H and O–H groups in total. The number of aryl methyl sites for hydroxylation is 1. The van der Waals surface area contributed by atoms with Crippen LogP contribution < -0.4 is 10.5 Å². The number of carbonyl (C=O) groups is 1. The lowest BCUT2D eigenvalue weighted by Gasteiger charge is -2.02. The summed E-state index contributed by atoms with van der Waals surface area (Å²) in [6, 6.07) is 5.43. The first-order chi connectivity index (χ1) is 11.1. The molecule has 0 bridgehead atoms. The van der Waals surface area contributed by atoms with E-state index < -0.39 is 5.97 Å². The molecule has 0 atom stereocenters. The first-order valence-corrected chi connectivity index (χ1v) is 8.84. The van der Waals surface area contributed by atoms with E-state index in [0.29, 0.717) is 16.3 Å². The number of hydrogen-bond donors (Lipinski definition) is 1. The molecular weight excluding hydrogens is 336 g/mol. The predicted molar refractivity (Wildman–Crippen MR) is 88.2 cm³/mol. The summed E-state index contributed by atoms with van der Waals surface area (Å²) in [5, 5.41) is 10.1. The maximum Gasteiger partial charge on any atom is 0.347 e. The number of nitrogens with zero attached hydrogens (tertiary/aromatic N) is 1. The van der Waals surface area contributed by atoms with Gasteiger partial charge in [0.15, 0.2) is 11.4 Å². The molecule has 6 nitrogen and oxygen atoms in total. The van der Waals surface area contributed by atoms with Crippen molar-refractivity contribution in [2.75, 3.05) is 5.75 Å². The van der Waals surface area contributed by atoms with Crippen molar-refractivity contribution in [3.63, 3.8) is 0 Å². The second-order valence-corrected chi connectivity index (χ2v) is 6.99. The quantitative estimate of drug-likeness (QED) is 0.544. The maximum absolute atomic E-state index is 12.8. The molecule has 8 heteroatoms. The summed E-state index contributed by atoms with van der Waals surface area (Å²) in [4.78, 5) is 28.7. The molecule has 0 amide bonds. The number of furan rings is 1. The molecule has 0 saturated carbocycles. The lowest BCUT2D eigenvalue weighted by molar-refractivity contribution is -0.404. The van der Waals surface area contributed by atoms with Crippen LogP contribution in [0.25, 0.3) is 10.2 Å². The van der Waals surface area contributed by atoms with E-state index in [1.54, 1.807) is 18.4 Å². The standard InChI is InChI=1S/C15H14N2O4S2/c1-2-10-6-11-13(23-10)16-15(22-8-12(18)19)17(14(11)20)7-9-4-3-5-21-9/h3-6H,2,7-8H2,1H3,(H,18,19)/p+1. The second kappa shape index (κ2) is 6.59. The number of hydrogen-bond acceptors (Lipinski definition) is 5. The summed E-state index contributed by atoms with van der Waals surface area (Å²) in [6.07, 6.45) is 2.40. The van der Waals surface area contributed by atoms with Gasteiger partial charge in [0.05, 0.1) is 6.26 Å². The zero-order valence-corrected chi connectivity index (χ0v) is 14.0. The SMILES string of the molecule is CCc1cc2c(=O)n(Cc3ccco3)c(SCC(=O)O)[nH+]c2s1. The summed E-state index contributed by atoms with van der Waals surface area (Å²) in [5.41, 5.74) is -0.140. The van der Waals surface area contributed by atoms with E-state index in [1.807, 2.05) is 13.0 Å². The van der Waals surface area contributed by atoms with Crippen molar-refractivity contribution >= 4 is 39.3 Å². The topological polar surface area (TPSA) is 86.6 Å². The van der Waals surface area contributed by atoms with Crippen molar-refractivity contribution < 1.29 is 19.3 Å². The van der Waals surface area contributed by atoms with Crippen molar-refractivity contribution in [1.29, 1.82) is 0 Å². The molecule has 0 saturated heterocycles. The van der Waals surface area contributed by atoms with Gasteiger partial charge >= 0.3 is 16.7 Å². The van der Waals surface area contributed by atoms with Crippen LogP contribution in [-0.4, -0.2) is 21.4 Å². The molecule has 0 aliphatic heterocycles. The van der Waals surface area contributed by atoms with Crippen molar-refractivity contribution in [3.8, 4) is 0 Å². The smallest absolute Gasteiger partial charge is 0.347 e. The van der Waals surface area contributed by atoms with E-state index in [0.717, 1.165) is 27.9 Å². The molecule has 0 radical (unpaired) electrons. The zero-order chi connectivity index (χ0) is 16.4. The molecule has 0 spiro atoms. The van der Waals surface area contributed by atoms with E-state index >= 15 is 0 Å². The van der Waals surface area contributed by atoms with Gasteiger partial charge in [-0.2, -0.15) is 4.57 Å². The zero-order valence-electron chi connectivity index (χ0n) is 12.4. The molecule has 0 aliphatic carbocycles. The Hall–Kier alpha value is -2.06. The van der Waals surface area contributed by atoms with Gasteiger partial charge in [-0.1, -0.05) is 18.3 Å². The Bertz CT molecular complexity index is 896. The van der Waals surface area contributed by atoms with Gasteiger partial charge in [-0.3, -0.25) is 4.79 Å². The fourth-order valence-corrected chi connectivity index (χ4v) is 4.01. The molecule has 0 aliphatic rings. The monoisotopic (exact) mass is 351 g/mol.